The third-order valence-electron chi connectivity index (χ3n) is 3.57. The Balaban J connectivity index is 1.78. The molecule has 0 saturated heterocycles. The van der Waals surface area contributed by atoms with Gasteiger partial charge in [-0.15, -0.1) is 10.2 Å². The van der Waals surface area contributed by atoms with Gasteiger partial charge in [0, 0.05) is 19.6 Å². The number of hydrogen-bond donors (Lipinski definition) is 1. The second-order valence-electron chi connectivity index (χ2n) is 4.93. The van der Waals surface area contributed by atoms with E-state index in [1.807, 2.05) is 28.5 Å². The van der Waals surface area contributed by atoms with Crippen molar-refractivity contribution in [2.45, 2.75) is 26.6 Å². The topological polar surface area (TPSA) is 46.0 Å². The molecule has 1 N–H and O–H groups in total. The minimum atomic E-state index is -0.173. The molecule has 5 nitrogen and oxygen atoms in total. The summed E-state index contributed by atoms with van der Waals surface area (Å²) in [6, 6.07) is 5.44. The first-order chi connectivity index (χ1) is 9.78. The average Bonchev–Trinajstić information content (AvgIpc) is 2.92. The fraction of sp³-hybridized carbons (Fsp3) is 0.429. The molecular formula is C14H18FN5. The summed E-state index contributed by atoms with van der Waals surface area (Å²) >= 11 is 0. The molecule has 1 aliphatic rings. The highest BCUT2D eigenvalue weighted by atomic mass is 19.1. The Labute approximate surface area is 117 Å². The summed E-state index contributed by atoms with van der Waals surface area (Å²) < 4.78 is 16.3. The van der Waals surface area contributed by atoms with E-state index in [-0.39, 0.29) is 5.82 Å². The van der Waals surface area contributed by atoms with E-state index in [0.29, 0.717) is 18.8 Å². The molecule has 1 aromatic carbocycles. The number of anilines is 1. The molecule has 0 aliphatic carbocycles. The molecule has 0 amide bonds. The number of hydrogen-bond acceptors (Lipinski definition) is 4. The van der Waals surface area contributed by atoms with Gasteiger partial charge in [-0.3, -0.25) is 0 Å². The second kappa shape index (κ2) is 5.58. The van der Waals surface area contributed by atoms with Crippen LogP contribution in [-0.4, -0.2) is 27.9 Å². The van der Waals surface area contributed by atoms with E-state index in [9.17, 15) is 4.39 Å². The molecule has 0 saturated carbocycles. The molecule has 0 unspecified atom stereocenters. The summed E-state index contributed by atoms with van der Waals surface area (Å²) in [4.78, 5) is 2.01. The van der Waals surface area contributed by atoms with Crippen molar-refractivity contribution in [2.24, 2.45) is 0 Å². The van der Waals surface area contributed by atoms with E-state index < -0.39 is 0 Å². The lowest BCUT2D eigenvalue weighted by Crippen LogP contribution is -2.34. The van der Waals surface area contributed by atoms with Crippen LogP contribution in [0.2, 0.25) is 0 Å². The molecule has 2 aromatic rings. The third kappa shape index (κ3) is 2.51. The zero-order valence-electron chi connectivity index (χ0n) is 11.5. The van der Waals surface area contributed by atoms with E-state index >= 15 is 0 Å². The van der Waals surface area contributed by atoms with Gasteiger partial charge in [-0.1, -0.05) is 13.0 Å². The second-order valence-corrected chi connectivity index (χ2v) is 4.93. The number of fused-ring (bicyclic) bond motifs is 1. The molecule has 0 bridgehead atoms. The molecule has 0 fully saturated rings. The minimum absolute atomic E-state index is 0.173. The van der Waals surface area contributed by atoms with Gasteiger partial charge in [-0.25, -0.2) is 4.39 Å². The van der Waals surface area contributed by atoms with E-state index in [4.69, 9.17) is 0 Å². The summed E-state index contributed by atoms with van der Waals surface area (Å²) in [7, 11) is 0. The standard InChI is InChI=1S/C14H18FN5/c1-2-16-8-11-3-4-13(12(15)7-11)19-5-6-20-10-17-18-14(20)9-19/h3-4,7,10,16H,2,5-6,8-9H2,1H3. The number of nitrogens with zero attached hydrogens (tertiary/aromatic N) is 4. The van der Waals surface area contributed by atoms with Crippen LogP contribution in [-0.2, 0) is 19.6 Å². The number of nitrogens with one attached hydrogen (secondary N) is 1. The Hall–Kier alpha value is -1.95. The van der Waals surface area contributed by atoms with Crippen LogP contribution in [0.4, 0.5) is 10.1 Å². The van der Waals surface area contributed by atoms with Crippen molar-refractivity contribution in [1.82, 2.24) is 20.1 Å². The molecule has 20 heavy (non-hydrogen) atoms. The van der Waals surface area contributed by atoms with Gasteiger partial charge < -0.3 is 14.8 Å². The first kappa shape index (κ1) is 13.1. The van der Waals surface area contributed by atoms with Crippen LogP contribution < -0.4 is 10.2 Å². The first-order valence-electron chi connectivity index (χ1n) is 6.88. The number of benzene rings is 1. The van der Waals surface area contributed by atoms with Crippen molar-refractivity contribution in [3.8, 4) is 0 Å². The van der Waals surface area contributed by atoms with Crippen LogP contribution in [0, 0.1) is 5.82 Å². The van der Waals surface area contributed by atoms with Crippen molar-refractivity contribution >= 4 is 5.69 Å². The van der Waals surface area contributed by atoms with Crippen LogP contribution in [0.3, 0.4) is 0 Å². The Morgan fingerprint density at radius 3 is 3.05 bits per heavy atom. The van der Waals surface area contributed by atoms with Gasteiger partial charge >= 0.3 is 0 Å². The summed E-state index contributed by atoms with van der Waals surface area (Å²) in [6.07, 6.45) is 1.72. The average molecular weight is 275 g/mol. The van der Waals surface area contributed by atoms with Crippen molar-refractivity contribution < 1.29 is 4.39 Å². The Morgan fingerprint density at radius 1 is 1.35 bits per heavy atom. The fourth-order valence-corrected chi connectivity index (χ4v) is 2.46. The molecule has 1 aliphatic heterocycles. The van der Waals surface area contributed by atoms with E-state index in [1.54, 1.807) is 12.4 Å². The molecular weight excluding hydrogens is 257 g/mol. The normalized spacial score (nSPS) is 14.4. The van der Waals surface area contributed by atoms with E-state index in [1.165, 1.54) is 0 Å². The van der Waals surface area contributed by atoms with Crippen LogP contribution in [0.5, 0.6) is 0 Å². The van der Waals surface area contributed by atoms with Gasteiger partial charge in [0.25, 0.3) is 0 Å². The summed E-state index contributed by atoms with van der Waals surface area (Å²) in [5.41, 5.74) is 1.60. The SMILES string of the molecule is CCNCc1ccc(N2CCn3cnnc3C2)c(F)c1. The fourth-order valence-electron chi connectivity index (χ4n) is 2.46. The highest BCUT2D eigenvalue weighted by Crippen LogP contribution is 2.24. The molecule has 3 rings (SSSR count). The zero-order chi connectivity index (χ0) is 13.9. The van der Waals surface area contributed by atoms with Gasteiger partial charge in [-0.05, 0) is 24.2 Å². The summed E-state index contributed by atoms with van der Waals surface area (Å²) in [5.74, 6) is 0.709. The van der Waals surface area contributed by atoms with Crippen LogP contribution in [0.1, 0.15) is 18.3 Å². The van der Waals surface area contributed by atoms with Crippen LogP contribution in [0.25, 0.3) is 0 Å². The van der Waals surface area contributed by atoms with Crippen LogP contribution >= 0.6 is 0 Å². The predicted molar refractivity (Wildman–Crippen MR) is 74.9 cm³/mol. The number of rotatable bonds is 4. The van der Waals surface area contributed by atoms with Gasteiger partial charge in [-0.2, -0.15) is 0 Å². The lowest BCUT2D eigenvalue weighted by molar-refractivity contribution is 0.543. The van der Waals surface area contributed by atoms with Crippen molar-refractivity contribution in [3.05, 3.63) is 41.7 Å². The van der Waals surface area contributed by atoms with Crippen molar-refractivity contribution in [1.29, 1.82) is 0 Å². The molecule has 6 heteroatoms. The Bertz CT molecular complexity index is 595. The third-order valence-corrected chi connectivity index (χ3v) is 3.57. The lowest BCUT2D eigenvalue weighted by atomic mass is 10.1. The monoisotopic (exact) mass is 275 g/mol. The minimum Gasteiger partial charge on any atom is -0.360 e. The summed E-state index contributed by atoms with van der Waals surface area (Å²) in [6.45, 7) is 5.78. The highest BCUT2D eigenvalue weighted by Gasteiger charge is 2.20. The van der Waals surface area contributed by atoms with E-state index in [0.717, 1.165) is 31.0 Å². The maximum Gasteiger partial charge on any atom is 0.152 e. The van der Waals surface area contributed by atoms with Gasteiger partial charge in [0.15, 0.2) is 5.82 Å². The number of aromatic nitrogens is 3. The number of halogens is 1. The largest absolute Gasteiger partial charge is 0.360 e. The molecule has 1 aromatic heterocycles. The molecule has 106 valence electrons. The zero-order valence-corrected chi connectivity index (χ0v) is 11.5. The maximum absolute atomic E-state index is 14.3. The van der Waals surface area contributed by atoms with Gasteiger partial charge in [0.2, 0.25) is 0 Å². The summed E-state index contributed by atoms with van der Waals surface area (Å²) in [5, 5.41) is 11.1. The Morgan fingerprint density at radius 2 is 2.25 bits per heavy atom. The van der Waals surface area contributed by atoms with Crippen LogP contribution in [0.15, 0.2) is 24.5 Å². The van der Waals surface area contributed by atoms with E-state index in [2.05, 4.69) is 15.5 Å². The maximum atomic E-state index is 14.3. The lowest BCUT2D eigenvalue weighted by Gasteiger charge is -2.29. The van der Waals surface area contributed by atoms with Crippen molar-refractivity contribution in [3.63, 3.8) is 0 Å². The van der Waals surface area contributed by atoms with Crippen molar-refractivity contribution in [2.75, 3.05) is 18.0 Å². The molecule has 2 heterocycles. The van der Waals surface area contributed by atoms with Gasteiger partial charge in [0.05, 0.1) is 12.2 Å². The highest BCUT2D eigenvalue weighted by molar-refractivity contribution is 5.49. The predicted octanol–water partition coefficient (Wildman–Crippen LogP) is 1.55. The molecule has 0 radical (unpaired) electrons. The first-order valence-corrected chi connectivity index (χ1v) is 6.88. The van der Waals surface area contributed by atoms with Gasteiger partial charge in [0.1, 0.15) is 12.1 Å². The molecule has 0 spiro atoms. The molecule has 0 atom stereocenters. The quantitative estimate of drug-likeness (QED) is 0.919. The Kier molecular flexibility index (Phi) is 3.64. The smallest absolute Gasteiger partial charge is 0.152 e.